The van der Waals surface area contributed by atoms with Crippen LogP contribution in [0.25, 0.3) is 0 Å². The molecule has 0 aromatic rings. The van der Waals surface area contributed by atoms with Crippen LogP contribution in [0.5, 0.6) is 0 Å². The van der Waals surface area contributed by atoms with E-state index in [-0.39, 0.29) is 0 Å². The van der Waals surface area contributed by atoms with E-state index in [0.29, 0.717) is 5.41 Å². The molecule has 0 amide bonds. The van der Waals surface area contributed by atoms with Crippen LogP contribution in [0.1, 0.15) is 58.8 Å². The maximum Gasteiger partial charge on any atom is 0.00699 e. The molecule has 2 atom stereocenters. The molecule has 2 heteroatoms. The summed E-state index contributed by atoms with van der Waals surface area (Å²) >= 11 is 4.63. The third kappa shape index (κ3) is 2.59. The van der Waals surface area contributed by atoms with Crippen LogP contribution >= 0.6 is 12.6 Å². The first-order chi connectivity index (χ1) is 7.67. The molecule has 1 heterocycles. The highest BCUT2D eigenvalue weighted by Gasteiger charge is 2.37. The Balaban J connectivity index is 2.00. The van der Waals surface area contributed by atoms with E-state index >= 15 is 0 Å². The summed E-state index contributed by atoms with van der Waals surface area (Å²) in [6.45, 7) is 6.13. The van der Waals surface area contributed by atoms with Gasteiger partial charge in [-0.15, -0.1) is 0 Å². The molecule has 0 unspecified atom stereocenters. The minimum Gasteiger partial charge on any atom is -0.297 e. The number of rotatable bonds is 3. The van der Waals surface area contributed by atoms with Gasteiger partial charge < -0.3 is 0 Å². The second-order valence-electron chi connectivity index (χ2n) is 6.17. The maximum absolute atomic E-state index is 4.63. The van der Waals surface area contributed by atoms with E-state index in [1.54, 1.807) is 0 Å². The van der Waals surface area contributed by atoms with E-state index in [9.17, 15) is 0 Å². The molecule has 1 nitrogen and oxygen atoms in total. The normalized spacial score (nSPS) is 35.4. The molecule has 1 saturated carbocycles. The van der Waals surface area contributed by atoms with Crippen LogP contribution in [0.2, 0.25) is 0 Å². The molecule has 2 fully saturated rings. The van der Waals surface area contributed by atoms with E-state index in [2.05, 4.69) is 31.4 Å². The van der Waals surface area contributed by atoms with Gasteiger partial charge in [0.05, 0.1) is 0 Å². The maximum atomic E-state index is 4.63. The highest BCUT2D eigenvalue weighted by molar-refractivity contribution is 7.80. The van der Waals surface area contributed by atoms with Crippen LogP contribution in [-0.2, 0) is 0 Å². The SMILES string of the molecule is C[C@@H]1CCC[C@H](C)N1CC1(CS)CCCC1. The van der Waals surface area contributed by atoms with Gasteiger partial charge in [-0.2, -0.15) is 12.6 Å². The number of piperidine rings is 1. The molecule has 94 valence electrons. The van der Waals surface area contributed by atoms with Crippen molar-refractivity contribution in [1.29, 1.82) is 0 Å². The first kappa shape index (κ1) is 12.8. The molecule has 1 aliphatic heterocycles. The van der Waals surface area contributed by atoms with Gasteiger partial charge in [0.1, 0.15) is 0 Å². The van der Waals surface area contributed by atoms with E-state index in [0.717, 1.165) is 17.8 Å². The summed E-state index contributed by atoms with van der Waals surface area (Å²) in [6.07, 6.45) is 9.89. The van der Waals surface area contributed by atoms with Crippen LogP contribution in [-0.4, -0.2) is 29.3 Å². The third-order valence-electron chi connectivity index (χ3n) is 4.89. The van der Waals surface area contributed by atoms with Crippen molar-refractivity contribution in [2.24, 2.45) is 5.41 Å². The molecular formula is C14H27NS. The first-order valence-corrected chi connectivity index (χ1v) is 7.67. The van der Waals surface area contributed by atoms with Gasteiger partial charge in [-0.05, 0) is 50.7 Å². The number of hydrogen-bond donors (Lipinski definition) is 1. The minimum atomic E-state index is 0.545. The zero-order valence-electron chi connectivity index (χ0n) is 10.9. The summed E-state index contributed by atoms with van der Waals surface area (Å²) in [4.78, 5) is 2.77. The molecule has 1 saturated heterocycles. The van der Waals surface area contributed by atoms with Crippen molar-refractivity contribution in [3.8, 4) is 0 Å². The summed E-state index contributed by atoms with van der Waals surface area (Å²) in [5.74, 6) is 1.09. The molecule has 2 rings (SSSR count). The topological polar surface area (TPSA) is 3.24 Å². The molecular weight excluding hydrogens is 214 g/mol. The molecule has 2 aliphatic rings. The first-order valence-electron chi connectivity index (χ1n) is 7.03. The summed E-state index contributed by atoms with van der Waals surface area (Å²) in [7, 11) is 0. The zero-order chi connectivity index (χ0) is 11.6. The largest absolute Gasteiger partial charge is 0.297 e. The Hall–Kier alpha value is 0.310. The van der Waals surface area contributed by atoms with Gasteiger partial charge >= 0.3 is 0 Å². The van der Waals surface area contributed by atoms with Crippen molar-refractivity contribution in [2.75, 3.05) is 12.3 Å². The number of hydrogen-bond acceptors (Lipinski definition) is 2. The minimum absolute atomic E-state index is 0.545. The van der Waals surface area contributed by atoms with Gasteiger partial charge in [-0.1, -0.05) is 19.3 Å². The second-order valence-corrected chi connectivity index (χ2v) is 6.48. The van der Waals surface area contributed by atoms with Gasteiger partial charge in [0, 0.05) is 18.6 Å². The second kappa shape index (κ2) is 5.30. The Morgan fingerprint density at radius 1 is 1.06 bits per heavy atom. The van der Waals surface area contributed by atoms with E-state index in [1.807, 2.05) is 0 Å². The smallest absolute Gasteiger partial charge is 0.00699 e. The predicted octanol–water partition coefficient (Wildman–Crippen LogP) is 3.74. The van der Waals surface area contributed by atoms with Crippen molar-refractivity contribution in [3.63, 3.8) is 0 Å². The van der Waals surface area contributed by atoms with Crippen molar-refractivity contribution in [3.05, 3.63) is 0 Å². The van der Waals surface area contributed by atoms with Crippen LogP contribution < -0.4 is 0 Å². The Kier molecular flexibility index (Phi) is 4.23. The van der Waals surface area contributed by atoms with Crippen LogP contribution in [0.4, 0.5) is 0 Å². The Morgan fingerprint density at radius 2 is 1.62 bits per heavy atom. The molecule has 0 N–H and O–H groups in total. The van der Waals surface area contributed by atoms with Crippen molar-refractivity contribution < 1.29 is 0 Å². The highest BCUT2D eigenvalue weighted by atomic mass is 32.1. The highest BCUT2D eigenvalue weighted by Crippen LogP contribution is 2.41. The quantitative estimate of drug-likeness (QED) is 0.737. The summed E-state index contributed by atoms with van der Waals surface area (Å²) in [5.41, 5.74) is 0.545. The molecule has 0 radical (unpaired) electrons. The van der Waals surface area contributed by atoms with Gasteiger partial charge in [-0.25, -0.2) is 0 Å². The summed E-state index contributed by atoms with van der Waals surface area (Å²) < 4.78 is 0. The lowest BCUT2D eigenvalue weighted by molar-refractivity contribution is 0.0582. The fourth-order valence-corrected chi connectivity index (χ4v) is 4.08. The van der Waals surface area contributed by atoms with Gasteiger partial charge in [0.25, 0.3) is 0 Å². The Morgan fingerprint density at radius 3 is 2.12 bits per heavy atom. The fraction of sp³-hybridized carbons (Fsp3) is 1.00. The van der Waals surface area contributed by atoms with Gasteiger partial charge in [-0.3, -0.25) is 4.90 Å². The molecule has 0 spiro atoms. The van der Waals surface area contributed by atoms with Crippen LogP contribution in [0.3, 0.4) is 0 Å². The molecule has 0 aromatic heterocycles. The Bertz CT molecular complexity index is 213. The van der Waals surface area contributed by atoms with E-state index in [4.69, 9.17) is 0 Å². The molecule has 1 aliphatic carbocycles. The average molecular weight is 241 g/mol. The Labute approximate surface area is 106 Å². The van der Waals surface area contributed by atoms with Crippen LogP contribution in [0.15, 0.2) is 0 Å². The van der Waals surface area contributed by atoms with Gasteiger partial charge in [0.15, 0.2) is 0 Å². The standard InChI is InChI=1S/C14H27NS/c1-12-6-5-7-13(2)15(12)10-14(11-16)8-3-4-9-14/h12-13,16H,3-11H2,1-2H3/t12-,13+. The monoisotopic (exact) mass is 241 g/mol. The zero-order valence-corrected chi connectivity index (χ0v) is 11.8. The van der Waals surface area contributed by atoms with Crippen molar-refractivity contribution in [2.45, 2.75) is 70.9 Å². The molecule has 0 bridgehead atoms. The lowest BCUT2D eigenvalue weighted by Crippen LogP contribution is -2.49. The lowest BCUT2D eigenvalue weighted by Gasteiger charge is -2.44. The summed E-state index contributed by atoms with van der Waals surface area (Å²) in [5, 5.41) is 0. The van der Waals surface area contributed by atoms with Crippen molar-refractivity contribution >= 4 is 12.6 Å². The predicted molar refractivity (Wildman–Crippen MR) is 74.2 cm³/mol. The van der Waals surface area contributed by atoms with E-state index < -0.39 is 0 Å². The average Bonchev–Trinajstić information content (AvgIpc) is 2.73. The van der Waals surface area contributed by atoms with Crippen LogP contribution in [0, 0.1) is 5.41 Å². The number of likely N-dealkylation sites (tertiary alicyclic amines) is 1. The number of nitrogens with zero attached hydrogens (tertiary/aromatic N) is 1. The third-order valence-corrected chi connectivity index (χ3v) is 5.56. The van der Waals surface area contributed by atoms with E-state index in [1.165, 1.54) is 51.5 Å². The van der Waals surface area contributed by atoms with Gasteiger partial charge in [0.2, 0.25) is 0 Å². The fourth-order valence-electron chi connectivity index (χ4n) is 3.66. The molecule has 0 aromatic carbocycles. The lowest BCUT2D eigenvalue weighted by atomic mass is 9.85. The molecule has 16 heavy (non-hydrogen) atoms. The van der Waals surface area contributed by atoms with Crippen molar-refractivity contribution in [1.82, 2.24) is 4.90 Å². The number of thiol groups is 1. The summed E-state index contributed by atoms with van der Waals surface area (Å²) in [6, 6.07) is 1.59.